The maximum absolute atomic E-state index is 15.3. The van der Waals surface area contributed by atoms with Crippen molar-refractivity contribution in [2.75, 3.05) is 75.8 Å². The first-order valence-electron chi connectivity index (χ1n) is 13.4. The summed E-state index contributed by atoms with van der Waals surface area (Å²) in [7, 11) is 0. The third-order valence-corrected chi connectivity index (χ3v) is 7.22. The summed E-state index contributed by atoms with van der Waals surface area (Å²) in [6, 6.07) is 9.00. The molecular formula is C27H34FN9O2. The minimum atomic E-state index is -0.447. The summed E-state index contributed by atoms with van der Waals surface area (Å²) in [5.41, 5.74) is 2.52. The summed E-state index contributed by atoms with van der Waals surface area (Å²) in [5.74, 6) is 1.51. The van der Waals surface area contributed by atoms with Crippen LogP contribution in [0.4, 0.5) is 21.8 Å². The summed E-state index contributed by atoms with van der Waals surface area (Å²) in [5, 5.41) is 10.9. The van der Waals surface area contributed by atoms with Crippen molar-refractivity contribution in [1.82, 2.24) is 34.9 Å². The lowest BCUT2D eigenvalue weighted by Crippen LogP contribution is -2.49. The second-order valence-electron chi connectivity index (χ2n) is 10.1. The number of halogens is 1. The molecule has 6 rings (SSSR count). The Morgan fingerprint density at radius 3 is 2.44 bits per heavy atom. The third kappa shape index (κ3) is 5.97. The fourth-order valence-corrected chi connectivity index (χ4v) is 5.07. The van der Waals surface area contributed by atoms with Crippen molar-refractivity contribution in [3.8, 4) is 11.8 Å². The van der Waals surface area contributed by atoms with Crippen LogP contribution in [-0.4, -0.2) is 101 Å². The molecule has 0 atom stereocenters. The molecular weight excluding hydrogens is 501 g/mol. The van der Waals surface area contributed by atoms with Crippen molar-refractivity contribution in [2.45, 2.75) is 13.8 Å². The van der Waals surface area contributed by atoms with E-state index in [0.717, 1.165) is 88.3 Å². The number of aromatic nitrogens is 5. The number of aryl methyl sites for hydroxylation is 2. The monoisotopic (exact) mass is 535 g/mol. The standard InChI is InChI=1S/C27H34FN9O2/c1-18-15-20-21(29-18)3-4-22(26(20)28)39-27-31-23(30-24-16-19(2)33-34-24)17-25(32-27)37-9-7-35(8-10-37)5-6-36-11-13-38-14-12-36/h3-4,15-17,29H,5-14H2,1-2H3,(H2,30,31,32,33,34). The topological polar surface area (TPSA) is 110 Å². The number of nitrogens with one attached hydrogen (secondary N) is 3. The molecule has 0 spiro atoms. The number of rotatable bonds is 8. The highest BCUT2D eigenvalue weighted by molar-refractivity contribution is 5.82. The van der Waals surface area contributed by atoms with Crippen LogP contribution in [0.1, 0.15) is 11.4 Å². The van der Waals surface area contributed by atoms with Gasteiger partial charge in [0.25, 0.3) is 0 Å². The van der Waals surface area contributed by atoms with Gasteiger partial charge < -0.3 is 24.7 Å². The fraction of sp³-hybridized carbons (Fsp3) is 0.444. The number of piperazine rings is 1. The van der Waals surface area contributed by atoms with E-state index in [9.17, 15) is 0 Å². The Hall–Kier alpha value is -3.74. The van der Waals surface area contributed by atoms with E-state index >= 15 is 4.39 Å². The highest BCUT2D eigenvalue weighted by Crippen LogP contribution is 2.31. The first-order chi connectivity index (χ1) is 19.0. The smallest absolute Gasteiger partial charge is 0.326 e. The van der Waals surface area contributed by atoms with Gasteiger partial charge >= 0.3 is 6.01 Å². The van der Waals surface area contributed by atoms with E-state index in [1.165, 1.54) is 0 Å². The molecule has 12 heteroatoms. The third-order valence-electron chi connectivity index (χ3n) is 7.22. The lowest BCUT2D eigenvalue weighted by atomic mass is 10.2. The fourth-order valence-electron chi connectivity index (χ4n) is 5.07. The zero-order chi connectivity index (χ0) is 26.8. The first kappa shape index (κ1) is 25.5. The Labute approximate surface area is 226 Å². The van der Waals surface area contributed by atoms with Crippen molar-refractivity contribution in [1.29, 1.82) is 0 Å². The average molecular weight is 536 g/mol. The van der Waals surface area contributed by atoms with Gasteiger partial charge in [0.05, 0.1) is 13.2 Å². The number of morpholine rings is 1. The number of hydrogen-bond acceptors (Lipinski definition) is 9. The van der Waals surface area contributed by atoms with Crippen molar-refractivity contribution in [2.24, 2.45) is 0 Å². The van der Waals surface area contributed by atoms with Crippen LogP contribution < -0.4 is 15.0 Å². The highest BCUT2D eigenvalue weighted by atomic mass is 19.1. The van der Waals surface area contributed by atoms with E-state index in [-0.39, 0.29) is 11.8 Å². The summed E-state index contributed by atoms with van der Waals surface area (Å²) >= 11 is 0. The lowest BCUT2D eigenvalue weighted by Gasteiger charge is -2.37. The Bertz CT molecular complexity index is 1420. The molecule has 0 bridgehead atoms. The molecule has 206 valence electrons. The summed E-state index contributed by atoms with van der Waals surface area (Å²) in [4.78, 5) is 19.5. The number of ether oxygens (including phenoxy) is 2. The first-order valence-corrected chi connectivity index (χ1v) is 13.4. The van der Waals surface area contributed by atoms with Crippen molar-refractivity contribution >= 4 is 28.4 Å². The summed E-state index contributed by atoms with van der Waals surface area (Å²) in [6.07, 6.45) is 0. The maximum Gasteiger partial charge on any atom is 0.326 e. The molecule has 2 saturated heterocycles. The highest BCUT2D eigenvalue weighted by Gasteiger charge is 2.22. The van der Waals surface area contributed by atoms with Crippen molar-refractivity contribution in [3.05, 3.63) is 47.5 Å². The Morgan fingerprint density at radius 2 is 1.69 bits per heavy atom. The van der Waals surface area contributed by atoms with Gasteiger partial charge in [0.15, 0.2) is 17.4 Å². The quantitative estimate of drug-likeness (QED) is 0.313. The van der Waals surface area contributed by atoms with Gasteiger partial charge in [-0.05, 0) is 32.0 Å². The van der Waals surface area contributed by atoms with Crippen molar-refractivity contribution < 1.29 is 13.9 Å². The van der Waals surface area contributed by atoms with E-state index in [0.29, 0.717) is 17.0 Å². The van der Waals surface area contributed by atoms with Gasteiger partial charge in [0.2, 0.25) is 0 Å². The number of nitrogens with zero attached hydrogens (tertiary/aromatic N) is 6. The normalized spacial score (nSPS) is 17.2. The van der Waals surface area contributed by atoms with Crippen LogP contribution in [-0.2, 0) is 4.74 Å². The largest absolute Gasteiger partial charge is 0.421 e. The zero-order valence-electron chi connectivity index (χ0n) is 22.3. The molecule has 0 amide bonds. The molecule has 3 aromatic heterocycles. The second kappa shape index (κ2) is 11.2. The second-order valence-corrected chi connectivity index (χ2v) is 10.1. The minimum Gasteiger partial charge on any atom is -0.421 e. The SMILES string of the molecule is Cc1cc(Nc2cc(N3CCN(CCN4CCOCC4)CC3)nc(Oc3ccc4[nH]c(C)cc4c3F)n2)n[nH]1. The molecule has 2 aliphatic heterocycles. The molecule has 0 aliphatic carbocycles. The van der Waals surface area contributed by atoms with E-state index < -0.39 is 5.82 Å². The Balaban J connectivity index is 1.19. The molecule has 11 nitrogen and oxygen atoms in total. The molecule has 1 aromatic carbocycles. The predicted molar refractivity (Wildman–Crippen MR) is 148 cm³/mol. The maximum atomic E-state index is 15.3. The molecule has 39 heavy (non-hydrogen) atoms. The summed E-state index contributed by atoms with van der Waals surface area (Å²) < 4.78 is 26.7. The van der Waals surface area contributed by atoms with E-state index in [4.69, 9.17) is 9.47 Å². The molecule has 0 unspecified atom stereocenters. The van der Waals surface area contributed by atoms with E-state index in [1.54, 1.807) is 18.2 Å². The van der Waals surface area contributed by atoms with Gasteiger partial charge in [-0.15, -0.1) is 0 Å². The Morgan fingerprint density at radius 1 is 0.923 bits per heavy atom. The Kier molecular flexibility index (Phi) is 7.31. The molecule has 4 aromatic rings. The average Bonchev–Trinajstić information content (AvgIpc) is 3.54. The number of anilines is 3. The molecule has 2 aliphatic rings. The number of fused-ring (bicyclic) bond motifs is 1. The van der Waals surface area contributed by atoms with Crippen molar-refractivity contribution in [3.63, 3.8) is 0 Å². The number of hydrogen-bond donors (Lipinski definition) is 3. The van der Waals surface area contributed by atoms with Gasteiger partial charge in [0, 0.05) is 86.8 Å². The van der Waals surface area contributed by atoms with Crippen LogP contribution in [0.3, 0.4) is 0 Å². The molecule has 3 N–H and O–H groups in total. The molecule has 2 fully saturated rings. The molecule has 0 saturated carbocycles. The zero-order valence-corrected chi connectivity index (χ0v) is 22.3. The number of benzene rings is 1. The van der Waals surface area contributed by atoms with Gasteiger partial charge in [0.1, 0.15) is 11.6 Å². The molecule has 0 radical (unpaired) electrons. The van der Waals surface area contributed by atoms with Crippen LogP contribution >= 0.6 is 0 Å². The molecule has 5 heterocycles. The number of aromatic amines is 2. The van der Waals surface area contributed by atoms with Gasteiger partial charge in [-0.2, -0.15) is 15.1 Å². The van der Waals surface area contributed by atoms with Crippen LogP contribution in [0.2, 0.25) is 0 Å². The van der Waals surface area contributed by atoms with Gasteiger partial charge in [-0.3, -0.25) is 14.9 Å². The van der Waals surface area contributed by atoms with Crippen LogP contribution in [0.5, 0.6) is 11.8 Å². The minimum absolute atomic E-state index is 0.0718. The van der Waals surface area contributed by atoms with Gasteiger partial charge in [-0.25, -0.2) is 4.39 Å². The van der Waals surface area contributed by atoms with Crippen LogP contribution in [0.15, 0.2) is 30.3 Å². The van der Waals surface area contributed by atoms with Gasteiger partial charge in [-0.1, -0.05) is 0 Å². The summed E-state index contributed by atoms with van der Waals surface area (Å²) in [6.45, 7) is 13.1. The predicted octanol–water partition coefficient (Wildman–Crippen LogP) is 3.43. The lowest BCUT2D eigenvalue weighted by molar-refractivity contribution is 0.0331. The van der Waals surface area contributed by atoms with E-state index in [2.05, 4.69) is 45.2 Å². The van der Waals surface area contributed by atoms with Crippen LogP contribution in [0.25, 0.3) is 10.9 Å². The van der Waals surface area contributed by atoms with Crippen LogP contribution in [0, 0.1) is 19.7 Å². The number of H-pyrrole nitrogens is 2. The van der Waals surface area contributed by atoms with E-state index in [1.807, 2.05) is 26.0 Å².